The average Bonchev–Trinajstić information content (AvgIpc) is 1.58. The van der Waals surface area contributed by atoms with Crippen LogP contribution in [-0.4, -0.2) is 24.1 Å². The minimum atomic E-state index is -0.160. The number of furan rings is 2. The highest BCUT2D eigenvalue weighted by Gasteiger charge is 2.29. The fourth-order valence-electron chi connectivity index (χ4n) is 14.0. The smallest absolute Gasteiger partial charge is 0.187 e. The minimum Gasteiger partial charge on any atom is -0.455 e. The van der Waals surface area contributed by atoms with Crippen molar-refractivity contribution >= 4 is 93.2 Å². The summed E-state index contributed by atoms with van der Waals surface area (Å²) in [5.74, 6) is 1.76. The zero-order chi connectivity index (χ0) is 64.9. The zero-order valence-corrected chi connectivity index (χ0v) is 55.3. The van der Waals surface area contributed by atoms with Gasteiger partial charge in [-0.25, -0.2) is 19.8 Å². The van der Waals surface area contributed by atoms with E-state index in [9.17, 15) is 0 Å². The summed E-state index contributed by atoms with van der Waals surface area (Å²) in [6, 6.07) is 78.3. The Kier molecular flexibility index (Phi) is 13.1. The monoisotopic (exact) mass is 1220 g/mol. The van der Waals surface area contributed by atoms with E-state index in [1.54, 1.807) is 0 Å². The summed E-state index contributed by atoms with van der Waals surface area (Å²) in [6.07, 6.45) is 0. The fraction of sp³-hybridized carbons (Fsp3) is 0.186. The number of nitrogens with zero attached hydrogens (tertiary/aromatic N) is 6. The van der Waals surface area contributed by atoms with Crippen molar-refractivity contribution in [1.29, 1.82) is 0 Å². The van der Waals surface area contributed by atoms with Crippen LogP contribution in [0, 0.1) is 6.57 Å². The second kappa shape index (κ2) is 21.1. The molecule has 0 aliphatic carbocycles. The van der Waals surface area contributed by atoms with Gasteiger partial charge in [0.25, 0.3) is 0 Å². The Morgan fingerprint density at radius 2 is 0.745 bits per heavy atom. The Morgan fingerprint density at radius 3 is 1.22 bits per heavy atom. The van der Waals surface area contributed by atoms with Gasteiger partial charge in [-0.2, -0.15) is 0 Å². The number of benzene rings is 11. The van der Waals surface area contributed by atoms with Gasteiger partial charge in [0, 0.05) is 60.1 Å². The van der Waals surface area contributed by atoms with E-state index in [-0.39, 0.29) is 21.7 Å². The summed E-state index contributed by atoms with van der Waals surface area (Å²) in [7, 11) is 0. The van der Waals surface area contributed by atoms with Crippen LogP contribution in [0.4, 0.5) is 5.69 Å². The summed E-state index contributed by atoms with van der Waals surface area (Å²) in [4.78, 5) is 20.8. The lowest BCUT2D eigenvalue weighted by Crippen LogP contribution is -2.17. The van der Waals surface area contributed by atoms with Gasteiger partial charge in [0.15, 0.2) is 23.2 Å². The van der Waals surface area contributed by atoms with Gasteiger partial charge in [-0.15, -0.1) is 0 Å². The Morgan fingerprint density at radius 1 is 0.319 bits per heavy atom. The molecular weight excluding hydrogens is 1150 g/mol. The zero-order valence-electron chi connectivity index (χ0n) is 55.3. The first kappa shape index (κ1) is 58.2. The second-order valence-electron chi connectivity index (χ2n) is 29.6. The van der Waals surface area contributed by atoms with Gasteiger partial charge >= 0.3 is 0 Å². The maximum Gasteiger partial charge on any atom is 0.187 e. The Hall–Kier alpha value is -10.9. The van der Waals surface area contributed by atoms with Gasteiger partial charge in [-0.05, 0) is 158 Å². The highest BCUT2D eigenvalue weighted by atomic mass is 16.3. The highest BCUT2D eigenvalue weighted by Crippen LogP contribution is 2.48. The van der Waals surface area contributed by atoms with Crippen LogP contribution in [0.25, 0.3) is 160 Å². The second-order valence-corrected chi connectivity index (χ2v) is 29.6. The quantitative estimate of drug-likeness (QED) is 0.149. The van der Waals surface area contributed by atoms with Gasteiger partial charge in [-0.1, -0.05) is 198 Å². The molecule has 11 aromatic carbocycles. The molecule has 0 atom stereocenters. The molecule has 0 unspecified atom stereocenters. The summed E-state index contributed by atoms with van der Waals surface area (Å²) < 4.78 is 18.7. The minimum absolute atomic E-state index is 0.160. The third-order valence-corrected chi connectivity index (χ3v) is 19.2. The largest absolute Gasteiger partial charge is 0.455 e. The van der Waals surface area contributed by atoms with Gasteiger partial charge < -0.3 is 18.0 Å². The van der Waals surface area contributed by atoms with Crippen LogP contribution in [0.5, 0.6) is 0 Å². The van der Waals surface area contributed by atoms with Gasteiger partial charge in [0.05, 0.1) is 50.8 Å². The summed E-state index contributed by atoms with van der Waals surface area (Å²) >= 11 is 0. The Labute approximate surface area is 547 Å². The van der Waals surface area contributed by atoms with Crippen molar-refractivity contribution in [2.45, 2.75) is 105 Å². The number of hydrogen-bond acceptors (Lipinski definition) is 5. The molecule has 8 nitrogen and oxygen atoms in total. The number of rotatable bonds is 7. The SMILES string of the molecule is [C-]#[N+]c1cccc(-c2ccc(-c3cc(-c4nc(-c5cc(C(C)(C)C)cc(C(C)(C)C)c5)nc(-c5cc(C(C)(C)C)cc(C(C)(C)C)c5)n4)ccc3-n3c4ccccc4c4c5oc6ccccc6c5ccc43)c(-n3c4ccccc4c4c5oc6ccccc6c5ccc43)c2)c1. The lowest BCUT2D eigenvalue weighted by molar-refractivity contribution is 0.568. The predicted octanol–water partition coefficient (Wildman–Crippen LogP) is 23.9. The van der Waals surface area contributed by atoms with E-state index < -0.39 is 0 Å². The average molecular weight is 1220 g/mol. The van der Waals surface area contributed by atoms with Crippen molar-refractivity contribution in [2.75, 3.05) is 0 Å². The van der Waals surface area contributed by atoms with Crippen LogP contribution in [0.3, 0.4) is 0 Å². The van der Waals surface area contributed by atoms with Crippen molar-refractivity contribution in [3.8, 4) is 67.8 Å². The summed E-state index contributed by atoms with van der Waals surface area (Å²) in [5, 5.41) is 8.50. The maximum absolute atomic E-state index is 8.11. The molecule has 0 fully saturated rings. The molecule has 0 aliphatic heterocycles. The van der Waals surface area contributed by atoms with E-state index in [1.165, 1.54) is 22.3 Å². The molecule has 0 saturated heterocycles. The molecule has 8 heteroatoms. The van der Waals surface area contributed by atoms with Gasteiger partial charge in [-0.3, -0.25) is 0 Å². The number of hydrogen-bond donors (Lipinski definition) is 0. The first-order chi connectivity index (χ1) is 45.0. The number of fused-ring (bicyclic) bond motifs is 14. The van der Waals surface area contributed by atoms with Crippen molar-refractivity contribution in [3.05, 3.63) is 252 Å². The molecular formula is C86H72N6O2. The van der Waals surface area contributed by atoms with E-state index in [0.29, 0.717) is 23.2 Å². The molecule has 0 bridgehead atoms. The highest BCUT2D eigenvalue weighted by molar-refractivity contribution is 6.25. The van der Waals surface area contributed by atoms with Crippen LogP contribution >= 0.6 is 0 Å². The molecule has 458 valence electrons. The van der Waals surface area contributed by atoms with Crippen LogP contribution in [-0.2, 0) is 21.7 Å². The van der Waals surface area contributed by atoms with E-state index >= 15 is 0 Å². The molecule has 0 spiro atoms. The van der Waals surface area contributed by atoms with Gasteiger partial charge in [0.2, 0.25) is 0 Å². The molecule has 0 N–H and O–H groups in total. The van der Waals surface area contributed by atoms with Crippen molar-refractivity contribution in [3.63, 3.8) is 0 Å². The summed E-state index contributed by atoms with van der Waals surface area (Å²) in [6.45, 7) is 35.4. The van der Waals surface area contributed by atoms with Crippen LogP contribution in [0.2, 0.25) is 0 Å². The van der Waals surface area contributed by atoms with Gasteiger partial charge in [0.1, 0.15) is 22.3 Å². The summed E-state index contributed by atoms with van der Waals surface area (Å²) in [5.41, 5.74) is 20.6. The predicted molar refractivity (Wildman–Crippen MR) is 391 cm³/mol. The Bertz CT molecular complexity index is 5710. The van der Waals surface area contributed by atoms with Crippen LogP contribution in [0.15, 0.2) is 227 Å². The molecule has 0 saturated carbocycles. The van der Waals surface area contributed by atoms with E-state index in [0.717, 1.165) is 138 Å². The first-order valence-corrected chi connectivity index (χ1v) is 32.6. The molecule has 0 aliphatic rings. The lowest BCUT2D eigenvalue weighted by atomic mass is 9.79. The number of aromatic nitrogens is 5. The van der Waals surface area contributed by atoms with E-state index in [4.69, 9.17) is 30.4 Å². The van der Waals surface area contributed by atoms with Crippen molar-refractivity contribution in [2.24, 2.45) is 0 Å². The first-order valence-electron chi connectivity index (χ1n) is 32.6. The third-order valence-electron chi connectivity index (χ3n) is 19.2. The number of para-hydroxylation sites is 4. The molecule has 0 amide bonds. The van der Waals surface area contributed by atoms with Crippen LogP contribution < -0.4 is 0 Å². The van der Waals surface area contributed by atoms with Crippen molar-refractivity contribution < 1.29 is 8.83 Å². The molecule has 16 aromatic rings. The van der Waals surface area contributed by atoms with Crippen molar-refractivity contribution in [1.82, 2.24) is 24.1 Å². The molecule has 94 heavy (non-hydrogen) atoms. The van der Waals surface area contributed by atoms with Crippen LogP contribution in [0.1, 0.15) is 105 Å². The Balaban J connectivity index is 1.04. The third kappa shape index (κ3) is 9.58. The van der Waals surface area contributed by atoms with E-state index in [1.807, 2.05) is 30.3 Å². The molecule has 16 rings (SSSR count). The normalized spacial score (nSPS) is 12.7. The topological polar surface area (TPSA) is 79.2 Å². The van der Waals surface area contributed by atoms with E-state index in [2.05, 4.69) is 285 Å². The lowest BCUT2D eigenvalue weighted by Gasteiger charge is -2.26. The fourth-order valence-corrected chi connectivity index (χ4v) is 14.0. The maximum atomic E-state index is 8.11. The molecule has 5 aromatic heterocycles. The standard InChI is InChI=1S/C86H72N6O2/c1-83(2,3)55-41-53(42-56(48-55)84(4,5)6)81-88-80(89-82(90-81)54-43-57(85(7,8)9)49-58(44-54)86(10,11)12)52-34-38-70(91-68-29-18-14-27-65(68)76-71(91)39-36-63-61-25-16-20-31-74(61)93-78(63)76)67(46-52)60-35-33-51(50-23-22-24-59(45-50)87-13)47-73(60)92-69-30-19-15-28-66(69)77-72(92)40-37-64-62-26-17-21-32-75(62)94-79(64)77/h14-49H,1-12H3. The molecule has 0 radical (unpaired) electrons. The molecule has 5 heterocycles.